The molecule has 1 amide bonds. The van der Waals surface area contributed by atoms with Crippen molar-refractivity contribution in [2.24, 2.45) is 0 Å². The van der Waals surface area contributed by atoms with Crippen molar-refractivity contribution in [3.8, 4) is 0 Å². The highest BCUT2D eigenvalue weighted by Crippen LogP contribution is 2.23. The predicted molar refractivity (Wildman–Crippen MR) is 71.3 cm³/mol. The molecule has 1 aromatic heterocycles. The summed E-state index contributed by atoms with van der Waals surface area (Å²) in [7, 11) is -4.12. The van der Waals surface area contributed by atoms with Crippen LogP contribution in [0, 0.1) is 6.92 Å². The van der Waals surface area contributed by atoms with Crippen LogP contribution in [0.25, 0.3) is 0 Å². The van der Waals surface area contributed by atoms with Gasteiger partial charge in [0.2, 0.25) is 0 Å². The van der Waals surface area contributed by atoms with Gasteiger partial charge in [-0.05, 0) is 32.4 Å². The Bertz CT molecular complexity index is 554. The van der Waals surface area contributed by atoms with Crippen LogP contribution < -0.4 is 9.44 Å². The van der Waals surface area contributed by atoms with E-state index in [9.17, 15) is 13.2 Å². The molecule has 0 radical (unpaired) electrons. The van der Waals surface area contributed by atoms with Crippen molar-refractivity contribution in [2.75, 3.05) is 4.72 Å². The van der Waals surface area contributed by atoms with Crippen LogP contribution >= 0.6 is 11.6 Å². The molecule has 0 spiro atoms. The first-order valence-electron chi connectivity index (χ1n) is 5.33. The van der Waals surface area contributed by atoms with Crippen molar-refractivity contribution in [2.45, 2.75) is 26.9 Å². The van der Waals surface area contributed by atoms with Gasteiger partial charge in [0, 0.05) is 6.20 Å². The van der Waals surface area contributed by atoms with Crippen LogP contribution in [-0.2, 0) is 14.9 Å². The molecule has 1 heterocycles. The molecule has 1 rings (SSSR count). The fourth-order valence-electron chi connectivity index (χ4n) is 1.16. The standard InChI is InChI=1S/C10H14ClN3O4S/c1-6(2)18-10(15)14-19(16,17)13-8-7(3)4-5-12-9(8)11/h4-6,13H,1-3H3,(H,14,15). The zero-order chi connectivity index (χ0) is 14.6. The summed E-state index contributed by atoms with van der Waals surface area (Å²) < 4.78 is 31.9. The van der Waals surface area contributed by atoms with Crippen molar-refractivity contribution < 1.29 is 17.9 Å². The first-order valence-corrected chi connectivity index (χ1v) is 7.19. The van der Waals surface area contributed by atoms with E-state index in [0.717, 1.165) is 0 Å². The number of pyridine rings is 1. The third-order valence-electron chi connectivity index (χ3n) is 1.91. The topological polar surface area (TPSA) is 97.4 Å². The average molecular weight is 308 g/mol. The summed E-state index contributed by atoms with van der Waals surface area (Å²) in [6.45, 7) is 4.85. The fourth-order valence-corrected chi connectivity index (χ4v) is 2.31. The van der Waals surface area contributed by atoms with Crippen molar-refractivity contribution >= 4 is 33.6 Å². The number of nitrogens with zero attached hydrogens (tertiary/aromatic N) is 1. The summed E-state index contributed by atoms with van der Waals surface area (Å²) in [5.74, 6) is 0. The maximum Gasteiger partial charge on any atom is 0.422 e. The molecular formula is C10H14ClN3O4S. The molecule has 106 valence electrons. The second kappa shape index (κ2) is 6.07. The van der Waals surface area contributed by atoms with Gasteiger partial charge in [-0.3, -0.25) is 4.72 Å². The molecular weight excluding hydrogens is 294 g/mol. The van der Waals surface area contributed by atoms with E-state index in [2.05, 4.69) is 14.4 Å². The minimum Gasteiger partial charge on any atom is -0.446 e. The normalized spacial score (nSPS) is 11.2. The first kappa shape index (κ1) is 15.5. The lowest BCUT2D eigenvalue weighted by Gasteiger charge is -2.13. The Morgan fingerprint density at radius 2 is 2.11 bits per heavy atom. The van der Waals surface area contributed by atoms with Gasteiger partial charge in [-0.2, -0.15) is 8.42 Å². The second-order valence-corrected chi connectivity index (χ2v) is 5.73. The maximum atomic E-state index is 11.7. The molecule has 0 aromatic carbocycles. The molecule has 0 saturated carbocycles. The number of rotatable bonds is 4. The Morgan fingerprint density at radius 3 is 2.63 bits per heavy atom. The number of aryl methyl sites for hydroxylation is 1. The van der Waals surface area contributed by atoms with Gasteiger partial charge >= 0.3 is 16.3 Å². The number of nitrogens with one attached hydrogen (secondary N) is 2. The number of halogens is 1. The second-order valence-electron chi connectivity index (χ2n) is 3.96. The van der Waals surface area contributed by atoms with Crippen LogP contribution in [-0.4, -0.2) is 25.6 Å². The Hall–Kier alpha value is -1.54. The van der Waals surface area contributed by atoms with E-state index in [0.29, 0.717) is 5.56 Å². The molecule has 0 aliphatic heterocycles. The third-order valence-corrected chi connectivity index (χ3v) is 3.10. The average Bonchev–Trinajstić information content (AvgIpc) is 2.21. The van der Waals surface area contributed by atoms with Crippen LogP contribution in [0.5, 0.6) is 0 Å². The predicted octanol–water partition coefficient (Wildman–Crippen LogP) is 1.83. The zero-order valence-corrected chi connectivity index (χ0v) is 12.2. The van der Waals surface area contributed by atoms with Crippen molar-refractivity contribution in [3.05, 3.63) is 23.0 Å². The van der Waals surface area contributed by atoms with Crippen molar-refractivity contribution in [1.82, 2.24) is 9.71 Å². The van der Waals surface area contributed by atoms with Crippen molar-refractivity contribution in [3.63, 3.8) is 0 Å². The van der Waals surface area contributed by atoms with E-state index < -0.39 is 22.4 Å². The number of amides is 1. The summed E-state index contributed by atoms with van der Waals surface area (Å²) in [6.07, 6.45) is -0.0605. The molecule has 0 bridgehead atoms. The van der Waals surface area contributed by atoms with Gasteiger partial charge < -0.3 is 4.74 Å². The monoisotopic (exact) mass is 307 g/mol. The molecule has 7 nitrogen and oxygen atoms in total. The number of hydrogen-bond donors (Lipinski definition) is 2. The van der Waals surface area contributed by atoms with Gasteiger partial charge in [-0.15, -0.1) is 0 Å². The summed E-state index contributed by atoms with van der Waals surface area (Å²) in [5.41, 5.74) is 0.677. The van der Waals surface area contributed by atoms with Crippen molar-refractivity contribution in [1.29, 1.82) is 0 Å². The van der Waals surface area contributed by atoms with Crippen LogP contribution in [0.4, 0.5) is 10.5 Å². The zero-order valence-electron chi connectivity index (χ0n) is 10.6. The lowest BCUT2D eigenvalue weighted by molar-refractivity contribution is 0.121. The Labute approximate surface area is 116 Å². The number of carbonyl (C=O) groups excluding carboxylic acids is 1. The minimum absolute atomic E-state index is 0.0115. The fraction of sp³-hybridized carbons (Fsp3) is 0.400. The number of ether oxygens (including phenoxy) is 1. The first-order chi connectivity index (χ1) is 8.71. The molecule has 1 aromatic rings. The maximum absolute atomic E-state index is 11.7. The Balaban J connectivity index is 2.83. The molecule has 0 aliphatic carbocycles. The van der Waals surface area contributed by atoms with E-state index in [-0.39, 0.29) is 10.8 Å². The molecule has 9 heteroatoms. The van der Waals surface area contributed by atoms with Gasteiger partial charge in [0.25, 0.3) is 0 Å². The smallest absolute Gasteiger partial charge is 0.422 e. The van der Waals surface area contributed by atoms with Crippen LogP contribution in [0.15, 0.2) is 12.3 Å². The van der Waals surface area contributed by atoms with E-state index >= 15 is 0 Å². The lowest BCUT2D eigenvalue weighted by atomic mass is 10.3. The highest BCUT2D eigenvalue weighted by Gasteiger charge is 2.18. The lowest BCUT2D eigenvalue weighted by Crippen LogP contribution is -2.37. The van der Waals surface area contributed by atoms with Crippen LogP contribution in [0.2, 0.25) is 5.15 Å². The Kier molecular flexibility index (Phi) is 4.96. The van der Waals surface area contributed by atoms with Gasteiger partial charge in [-0.25, -0.2) is 14.5 Å². The molecule has 0 unspecified atom stereocenters. The highest BCUT2D eigenvalue weighted by molar-refractivity contribution is 7.91. The quantitative estimate of drug-likeness (QED) is 0.827. The Morgan fingerprint density at radius 1 is 1.47 bits per heavy atom. The van der Waals surface area contributed by atoms with Gasteiger partial charge in [0.15, 0.2) is 5.15 Å². The van der Waals surface area contributed by atoms with Gasteiger partial charge in [-0.1, -0.05) is 11.6 Å². The molecule has 2 N–H and O–H groups in total. The number of aromatic nitrogens is 1. The SMILES string of the molecule is Cc1ccnc(Cl)c1NS(=O)(=O)NC(=O)OC(C)C. The summed E-state index contributed by atoms with van der Waals surface area (Å²) in [5, 5.41) is -0.0115. The number of anilines is 1. The third kappa shape index (κ3) is 4.92. The van der Waals surface area contributed by atoms with Gasteiger partial charge in [0.05, 0.1) is 11.8 Å². The molecule has 0 saturated heterocycles. The number of carbonyl (C=O) groups is 1. The van der Waals surface area contributed by atoms with Gasteiger partial charge in [0.1, 0.15) is 0 Å². The summed E-state index contributed by atoms with van der Waals surface area (Å²) in [6, 6.07) is 1.58. The van der Waals surface area contributed by atoms with E-state index in [1.54, 1.807) is 31.6 Å². The van der Waals surface area contributed by atoms with E-state index in [4.69, 9.17) is 11.6 Å². The molecule has 19 heavy (non-hydrogen) atoms. The van der Waals surface area contributed by atoms with Crippen LogP contribution in [0.3, 0.4) is 0 Å². The minimum atomic E-state index is -4.12. The highest BCUT2D eigenvalue weighted by atomic mass is 35.5. The number of hydrogen-bond acceptors (Lipinski definition) is 5. The molecule has 0 aliphatic rings. The summed E-state index contributed by atoms with van der Waals surface area (Å²) in [4.78, 5) is 15.0. The summed E-state index contributed by atoms with van der Waals surface area (Å²) >= 11 is 5.77. The van der Waals surface area contributed by atoms with E-state index in [1.807, 2.05) is 0 Å². The van der Waals surface area contributed by atoms with Crippen LogP contribution in [0.1, 0.15) is 19.4 Å². The molecule has 0 atom stereocenters. The molecule has 0 fully saturated rings. The van der Waals surface area contributed by atoms with E-state index in [1.165, 1.54) is 6.20 Å². The largest absolute Gasteiger partial charge is 0.446 e.